The van der Waals surface area contributed by atoms with E-state index in [1.807, 2.05) is 0 Å². The van der Waals surface area contributed by atoms with E-state index in [2.05, 4.69) is 15.3 Å². The third-order valence-corrected chi connectivity index (χ3v) is 3.23. The summed E-state index contributed by atoms with van der Waals surface area (Å²) in [6, 6.07) is 6.90. The van der Waals surface area contributed by atoms with Crippen LogP contribution in [-0.4, -0.2) is 41.2 Å². The largest absolute Gasteiger partial charge is 0.481 e. The highest BCUT2D eigenvalue weighted by molar-refractivity contribution is 6.07. The first-order chi connectivity index (χ1) is 11.5. The number of benzene rings is 1. The molecular weight excluding hydrogens is 314 g/mol. The van der Waals surface area contributed by atoms with Crippen LogP contribution in [0.5, 0.6) is 11.8 Å². The Morgan fingerprint density at radius 2 is 1.67 bits per heavy atom. The number of nitrogens with zero attached hydrogens (tertiary/aromatic N) is 2. The second-order valence-electron chi connectivity index (χ2n) is 4.81. The summed E-state index contributed by atoms with van der Waals surface area (Å²) in [7, 11) is 2.80. The highest BCUT2D eigenvalue weighted by Crippen LogP contribution is 2.24. The summed E-state index contributed by atoms with van der Waals surface area (Å²) in [4.78, 5) is 30.8. The molecule has 1 amide bonds. The fourth-order valence-electron chi connectivity index (χ4n) is 2.06. The molecular formula is C16H17N3O5. The molecule has 1 aromatic heterocycles. The van der Waals surface area contributed by atoms with E-state index in [1.165, 1.54) is 20.5 Å². The van der Waals surface area contributed by atoms with Crippen LogP contribution >= 0.6 is 0 Å². The number of carboxylic acids is 1. The minimum atomic E-state index is -0.851. The molecule has 2 N–H and O–H groups in total. The lowest BCUT2D eigenvalue weighted by Crippen LogP contribution is -2.16. The number of aromatic nitrogens is 2. The van der Waals surface area contributed by atoms with Gasteiger partial charge in [-0.15, -0.1) is 0 Å². The minimum Gasteiger partial charge on any atom is -0.481 e. The summed E-state index contributed by atoms with van der Waals surface area (Å²) in [5, 5.41) is 11.4. The lowest BCUT2D eigenvalue weighted by atomic mass is 10.1. The van der Waals surface area contributed by atoms with Crippen molar-refractivity contribution in [1.82, 2.24) is 9.97 Å². The summed E-state index contributed by atoms with van der Waals surface area (Å²) in [6.45, 7) is 0. The highest BCUT2D eigenvalue weighted by Gasteiger charge is 2.21. The molecule has 0 radical (unpaired) electrons. The van der Waals surface area contributed by atoms with Gasteiger partial charge >= 0.3 is 5.97 Å². The Labute approximate surface area is 138 Å². The van der Waals surface area contributed by atoms with E-state index < -0.39 is 11.9 Å². The van der Waals surface area contributed by atoms with E-state index >= 15 is 0 Å². The molecule has 24 heavy (non-hydrogen) atoms. The third-order valence-electron chi connectivity index (χ3n) is 3.23. The zero-order valence-electron chi connectivity index (χ0n) is 13.3. The number of hydrogen-bond acceptors (Lipinski definition) is 6. The normalized spacial score (nSPS) is 10.1. The Kier molecular flexibility index (Phi) is 5.67. The number of aliphatic carboxylic acids is 1. The second-order valence-corrected chi connectivity index (χ2v) is 4.81. The second kappa shape index (κ2) is 7.91. The van der Waals surface area contributed by atoms with Crippen LogP contribution in [0.2, 0.25) is 0 Å². The van der Waals surface area contributed by atoms with E-state index in [4.69, 9.17) is 14.6 Å². The first-order valence-electron chi connectivity index (χ1n) is 7.10. The monoisotopic (exact) mass is 331 g/mol. The number of carbonyl (C=O) groups excluding carboxylic acids is 1. The zero-order valence-corrected chi connectivity index (χ0v) is 13.3. The van der Waals surface area contributed by atoms with Crippen molar-refractivity contribution < 1.29 is 24.2 Å². The predicted molar refractivity (Wildman–Crippen MR) is 85.5 cm³/mol. The number of anilines is 1. The molecule has 1 aromatic carbocycles. The summed E-state index contributed by atoms with van der Waals surface area (Å²) >= 11 is 0. The fraction of sp³-hybridized carbons (Fsp3) is 0.250. The summed E-state index contributed by atoms with van der Waals surface area (Å²) in [5.41, 5.74) is 1.51. The van der Waals surface area contributed by atoms with Crippen LogP contribution in [0.3, 0.4) is 0 Å². The molecule has 0 fully saturated rings. The van der Waals surface area contributed by atoms with Crippen molar-refractivity contribution in [1.29, 1.82) is 0 Å². The van der Waals surface area contributed by atoms with E-state index in [0.29, 0.717) is 12.1 Å². The summed E-state index contributed by atoms with van der Waals surface area (Å²) in [6.07, 6.45) is 1.73. The molecule has 2 rings (SSSR count). The van der Waals surface area contributed by atoms with Crippen LogP contribution in [-0.2, 0) is 11.2 Å². The van der Waals surface area contributed by atoms with Gasteiger partial charge in [0.15, 0.2) is 5.56 Å². The van der Waals surface area contributed by atoms with Crippen LogP contribution in [0.4, 0.5) is 5.69 Å². The van der Waals surface area contributed by atoms with Crippen LogP contribution in [0.25, 0.3) is 0 Å². The molecule has 0 saturated carbocycles. The highest BCUT2D eigenvalue weighted by atomic mass is 16.5. The number of carbonyl (C=O) groups is 2. The maximum atomic E-state index is 12.4. The molecule has 2 aromatic rings. The molecule has 0 saturated heterocycles. The number of rotatable bonds is 7. The predicted octanol–water partition coefficient (Wildman–Crippen LogP) is 1.76. The van der Waals surface area contributed by atoms with Crippen molar-refractivity contribution in [3.8, 4) is 11.8 Å². The number of hydrogen-bond donors (Lipinski definition) is 2. The lowest BCUT2D eigenvalue weighted by Gasteiger charge is -2.11. The Hall–Kier alpha value is -3.16. The Morgan fingerprint density at radius 1 is 1.08 bits per heavy atom. The van der Waals surface area contributed by atoms with E-state index in [0.717, 1.165) is 5.56 Å². The van der Waals surface area contributed by atoms with E-state index in [9.17, 15) is 9.59 Å². The van der Waals surface area contributed by atoms with Crippen molar-refractivity contribution in [2.24, 2.45) is 0 Å². The standard InChI is InChI=1S/C16H17N3O5/c1-23-15-13(16(24-2)18-9-17-15)14(22)19-11-6-3-10(4-7-11)5-8-12(20)21/h3-4,6-7,9H,5,8H2,1-2H3,(H,19,22)(H,20,21). The minimum absolute atomic E-state index is 0.0570. The van der Waals surface area contributed by atoms with Crippen molar-refractivity contribution in [3.05, 3.63) is 41.7 Å². The van der Waals surface area contributed by atoms with Gasteiger partial charge < -0.3 is 19.9 Å². The van der Waals surface area contributed by atoms with Gasteiger partial charge in [-0.3, -0.25) is 9.59 Å². The number of amides is 1. The van der Waals surface area contributed by atoms with Crippen LogP contribution in [0, 0.1) is 0 Å². The third kappa shape index (κ3) is 4.19. The van der Waals surface area contributed by atoms with Gasteiger partial charge in [-0.1, -0.05) is 12.1 Å². The molecule has 0 aliphatic carbocycles. The molecule has 0 unspecified atom stereocenters. The van der Waals surface area contributed by atoms with Crippen molar-refractivity contribution in [2.45, 2.75) is 12.8 Å². The fourth-order valence-corrected chi connectivity index (χ4v) is 2.06. The lowest BCUT2D eigenvalue weighted by molar-refractivity contribution is -0.136. The molecule has 126 valence electrons. The number of nitrogens with one attached hydrogen (secondary N) is 1. The van der Waals surface area contributed by atoms with Crippen LogP contribution < -0.4 is 14.8 Å². The van der Waals surface area contributed by atoms with Gasteiger partial charge in [0.1, 0.15) is 6.33 Å². The average Bonchev–Trinajstić information content (AvgIpc) is 2.60. The molecule has 8 nitrogen and oxygen atoms in total. The Morgan fingerprint density at radius 3 is 2.17 bits per heavy atom. The van der Waals surface area contributed by atoms with Gasteiger partial charge in [0, 0.05) is 12.1 Å². The maximum absolute atomic E-state index is 12.4. The first-order valence-corrected chi connectivity index (χ1v) is 7.10. The SMILES string of the molecule is COc1ncnc(OC)c1C(=O)Nc1ccc(CCC(=O)O)cc1. The van der Waals surface area contributed by atoms with Gasteiger partial charge in [-0.05, 0) is 24.1 Å². The Balaban J connectivity index is 2.14. The number of ether oxygens (including phenoxy) is 2. The summed E-state index contributed by atoms with van der Waals surface area (Å²) < 4.78 is 10.1. The van der Waals surface area contributed by atoms with E-state index in [1.54, 1.807) is 24.3 Å². The van der Waals surface area contributed by atoms with Gasteiger partial charge in [-0.25, -0.2) is 9.97 Å². The number of carboxylic acid groups (broad SMARTS) is 1. The molecule has 0 bridgehead atoms. The average molecular weight is 331 g/mol. The van der Waals surface area contributed by atoms with Gasteiger partial charge in [-0.2, -0.15) is 0 Å². The quantitative estimate of drug-likeness (QED) is 0.795. The number of methoxy groups -OCH3 is 2. The van der Waals surface area contributed by atoms with Crippen molar-refractivity contribution in [3.63, 3.8) is 0 Å². The van der Waals surface area contributed by atoms with Crippen LogP contribution in [0.15, 0.2) is 30.6 Å². The van der Waals surface area contributed by atoms with Crippen molar-refractivity contribution in [2.75, 3.05) is 19.5 Å². The molecule has 1 heterocycles. The van der Waals surface area contributed by atoms with Crippen LogP contribution in [0.1, 0.15) is 22.3 Å². The maximum Gasteiger partial charge on any atom is 0.303 e. The summed E-state index contributed by atoms with van der Waals surface area (Å²) in [5.74, 6) is -1.10. The number of aryl methyl sites for hydroxylation is 1. The van der Waals surface area contributed by atoms with Gasteiger partial charge in [0.25, 0.3) is 5.91 Å². The van der Waals surface area contributed by atoms with Gasteiger partial charge in [0.2, 0.25) is 11.8 Å². The Bertz CT molecular complexity index is 709. The molecule has 0 aliphatic rings. The smallest absolute Gasteiger partial charge is 0.303 e. The van der Waals surface area contributed by atoms with E-state index in [-0.39, 0.29) is 23.7 Å². The topological polar surface area (TPSA) is 111 Å². The molecule has 0 spiro atoms. The van der Waals surface area contributed by atoms with Gasteiger partial charge in [0.05, 0.1) is 14.2 Å². The zero-order chi connectivity index (χ0) is 17.5. The van der Waals surface area contributed by atoms with Crippen molar-refractivity contribution >= 4 is 17.6 Å². The molecule has 0 atom stereocenters. The first kappa shape index (κ1) is 17.2. The molecule has 8 heteroatoms. The molecule has 0 aliphatic heterocycles.